The van der Waals surface area contributed by atoms with E-state index >= 15 is 0 Å². The van der Waals surface area contributed by atoms with Crippen molar-refractivity contribution in [3.05, 3.63) is 41.1 Å². The van der Waals surface area contributed by atoms with Crippen molar-refractivity contribution in [3.8, 4) is 5.75 Å². The van der Waals surface area contributed by atoms with Crippen LogP contribution in [0.1, 0.15) is 5.56 Å². The molecule has 1 heterocycles. The Balaban J connectivity index is 2.36. The van der Waals surface area contributed by atoms with Crippen LogP contribution in [0.2, 0.25) is 5.15 Å². The molecule has 1 N–H and O–H groups in total. The Labute approximate surface area is 109 Å². The predicted octanol–water partition coefficient (Wildman–Crippen LogP) is 3.33. The number of halogens is 2. The van der Waals surface area contributed by atoms with Crippen molar-refractivity contribution in [2.75, 3.05) is 12.4 Å². The van der Waals surface area contributed by atoms with Crippen LogP contribution >= 0.6 is 11.6 Å². The van der Waals surface area contributed by atoms with Crippen molar-refractivity contribution in [1.82, 2.24) is 9.97 Å². The molecule has 0 atom stereocenters. The van der Waals surface area contributed by atoms with Gasteiger partial charge in [-0.1, -0.05) is 11.6 Å². The van der Waals surface area contributed by atoms with E-state index in [9.17, 15) is 4.39 Å². The summed E-state index contributed by atoms with van der Waals surface area (Å²) >= 11 is 5.87. The van der Waals surface area contributed by atoms with Crippen molar-refractivity contribution in [2.45, 2.75) is 6.92 Å². The smallest absolute Gasteiger partial charge is 0.146 e. The molecule has 0 saturated heterocycles. The second kappa shape index (κ2) is 5.18. The largest absolute Gasteiger partial charge is 0.497 e. The highest BCUT2D eigenvalue weighted by Gasteiger charge is 2.09. The Hall–Kier alpha value is -1.88. The molecule has 0 unspecified atom stereocenters. The van der Waals surface area contributed by atoms with Gasteiger partial charge in [0.05, 0.1) is 12.8 Å². The molecule has 4 nitrogen and oxygen atoms in total. The predicted molar refractivity (Wildman–Crippen MR) is 68.0 cm³/mol. The first-order valence-corrected chi connectivity index (χ1v) is 5.57. The summed E-state index contributed by atoms with van der Waals surface area (Å²) in [5.41, 5.74) is 0.925. The molecular weight excluding hydrogens is 257 g/mol. The lowest BCUT2D eigenvalue weighted by Gasteiger charge is -2.10. The van der Waals surface area contributed by atoms with E-state index in [0.717, 1.165) is 0 Å². The van der Waals surface area contributed by atoms with E-state index in [1.807, 2.05) is 0 Å². The third kappa shape index (κ3) is 2.51. The first-order valence-electron chi connectivity index (χ1n) is 5.19. The van der Waals surface area contributed by atoms with Gasteiger partial charge >= 0.3 is 0 Å². The molecule has 1 aromatic carbocycles. The third-order valence-corrected chi connectivity index (χ3v) is 2.83. The van der Waals surface area contributed by atoms with Crippen molar-refractivity contribution < 1.29 is 9.13 Å². The van der Waals surface area contributed by atoms with Gasteiger partial charge in [-0.05, 0) is 19.1 Å². The van der Waals surface area contributed by atoms with Crippen LogP contribution in [0, 0.1) is 12.7 Å². The van der Waals surface area contributed by atoms with Crippen molar-refractivity contribution in [1.29, 1.82) is 0 Å². The standard InChI is InChI=1S/C12H11ClFN3O/c1-7-11(13)15-6-16-12(7)17-10-5-8(18-2)3-4-9(10)14/h3-6H,1-2H3,(H,15,16,17). The highest BCUT2D eigenvalue weighted by molar-refractivity contribution is 6.30. The summed E-state index contributed by atoms with van der Waals surface area (Å²) in [6, 6.07) is 4.41. The van der Waals surface area contributed by atoms with Crippen LogP contribution in [0.25, 0.3) is 0 Å². The van der Waals surface area contributed by atoms with Crippen LogP contribution in [-0.2, 0) is 0 Å². The van der Waals surface area contributed by atoms with E-state index in [4.69, 9.17) is 16.3 Å². The Morgan fingerprint density at radius 1 is 1.33 bits per heavy atom. The maximum absolute atomic E-state index is 13.6. The second-order valence-corrected chi connectivity index (χ2v) is 3.97. The van der Waals surface area contributed by atoms with E-state index in [-0.39, 0.29) is 5.69 Å². The third-order valence-electron chi connectivity index (χ3n) is 2.45. The van der Waals surface area contributed by atoms with E-state index < -0.39 is 5.82 Å². The Kier molecular flexibility index (Phi) is 3.62. The number of methoxy groups -OCH3 is 1. The Morgan fingerprint density at radius 2 is 2.11 bits per heavy atom. The quantitative estimate of drug-likeness (QED) is 0.867. The molecule has 0 aliphatic carbocycles. The van der Waals surface area contributed by atoms with Crippen LogP contribution in [0.3, 0.4) is 0 Å². The average molecular weight is 268 g/mol. The zero-order chi connectivity index (χ0) is 13.1. The van der Waals surface area contributed by atoms with Gasteiger partial charge in [0, 0.05) is 11.6 Å². The van der Waals surface area contributed by atoms with Crippen LogP contribution in [-0.4, -0.2) is 17.1 Å². The summed E-state index contributed by atoms with van der Waals surface area (Å²) in [5.74, 6) is 0.615. The zero-order valence-corrected chi connectivity index (χ0v) is 10.6. The highest BCUT2D eigenvalue weighted by Crippen LogP contribution is 2.26. The van der Waals surface area contributed by atoms with Crippen LogP contribution < -0.4 is 10.1 Å². The lowest BCUT2D eigenvalue weighted by Crippen LogP contribution is -2.00. The van der Waals surface area contributed by atoms with Crippen molar-refractivity contribution in [2.24, 2.45) is 0 Å². The monoisotopic (exact) mass is 267 g/mol. The molecule has 18 heavy (non-hydrogen) atoms. The molecule has 0 saturated carbocycles. The molecule has 6 heteroatoms. The zero-order valence-electron chi connectivity index (χ0n) is 9.87. The minimum absolute atomic E-state index is 0.271. The molecule has 94 valence electrons. The molecule has 0 spiro atoms. The Bertz CT molecular complexity index is 577. The van der Waals surface area contributed by atoms with Crippen LogP contribution in [0.5, 0.6) is 5.75 Å². The summed E-state index contributed by atoms with van der Waals surface area (Å²) < 4.78 is 18.7. The number of rotatable bonds is 3. The fraction of sp³-hybridized carbons (Fsp3) is 0.167. The van der Waals surface area contributed by atoms with Gasteiger partial charge in [-0.15, -0.1) is 0 Å². The van der Waals surface area contributed by atoms with Gasteiger partial charge in [0.15, 0.2) is 0 Å². The number of nitrogens with one attached hydrogen (secondary N) is 1. The minimum Gasteiger partial charge on any atom is -0.497 e. The maximum Gasteiger partial charge on any atom is 0.146 e. The molecule has 0 aliphatic rings. The van der Waals surface area contributed by atoms with E-state index in [1.165, 1.54) is 19.5 Å². The number of hydrogen-bond acceptors (Lipinski definition) is 4. The Morgan fingerprint density at radius 3 is 2.83 bits per heavy atom. The fourth-order valence-electron chi connectivity index (χ4n) is 1.41. The fourth-order valence-corrected chi connectivity index (χ4v) is 1.54. The van der Waals surface area contributed by atoms with Gasteiger partial charge in [-0.3, -0.25) is 0 Å². The van der Waals surface area contributed by atoms with Crippen molar-refractivity contribution in [3.63, 3.8) is 0 Å². The van der Waals surface area contributed by atoms with E-state index in [0.29, 0.717) is 22.3 Å². The molecule has 2 aromatic rings. The molecule has 0 aliphatic heterocycles. The van der Waals surface area contributed by atoms with E-state index in [1.54, 1.807) is 19.1 Å². The van der Waals surface area contributed by atoms with Crippen LogP contribution in [0.15, 0.2) is 24.5 Å². The summed E-state index contributed by atoms with van der Waals surface area (Å²) in [7, 11) is 1.52. The normalized spacial score (nSPS) is 10.2. The molecular formula is C12H11ClFN3O. The highest BCUT2D eigenvalue weighted by atomic mass is 35.5. The van der Waals surface area contributed by atoms with Crippen molar-refractivity contribution >= 4 is 23.1 Å². The molecule has 0 fully saturated rings. The number of anilines is 2. The minimum atomic E-state index is -0.398. The molecule has 1 aromatic heterocycles. The van der Waals surface area contributed by atoms with Gasteiger partial charge in [0.25, 0.3) is 0 Å². The number of aromatic nitrogens is 2. The number of hydrogen-bond donors (Lipinski definition) is 1. The first-order chi connectivity index (χ1) is 8.61. The summed E-state index contributed by atoms with van der Waals surface area (Å²) in [6.45, 7) is 1.75. The molecule has 0 radical (unpaired) electrons. The van der Waals surface area contributed by atoms with Gasteiger partial charge < -0.3 is 10.1 Å². The average Bonchev–Trinajstić information content (AvgIpc) is 2.37. The number of ether oxygens (including phenoxy) is 1. The lowest BCUT2D eigenvalue weighted by molar-refractivity contribution is 0.414. The first kappa shape index (κ1) is 12.6. The number of benzene rings is 1. The van der Waals surface area contributed by atoms with Gasteiger partial charge in [-0.25, -0.2) is 14.4 Å². The summed E-state index contributed by atoms with van der Waals surface area (Å²) in [4.78, 5) is 7.85. The van der Waals surface area contributed by atoms with Gasteiger partial charge in [-0.2, -0.15) is 0 Å². The summed E-state index contributed by atoms with van der Waals surface area (Å²) in [5, 5.41) is 3.19. The molecule has 0 amide bonds. The molecule has 0 bridgehead atoms. The summed E-state index contributed by atoms with van der Waals surface area (Å²) in [6.07, 6.45) is 1.32. The topological polar surface area (TPSA) is 47.0 Å². The van der Waals surface area contributed by atoms with Gasteiger partial charge in [0.2, 0.25) is 0 Å². The maximum atomic E-state index is 13.6. The SMILES string of the molecule is COc1ccc(F)c(Nc2ncnc(Cl)c2C)c1. The lowest BCUT2D eigenvalue weighted by atomic mass is 10.2. The second-order valence-electron chi connectivity index (χ2n) is 3.61. The van der Waals surface area contributed by atoms with Crippen LogP contribution in [0.4, 0.5) is 15.9 Å². The molecule has 2 rings (SSSR count). The number of nitrogens with zero attached hydrogens (tertiary/aromatic N) is 2. The van der Waals surface area contributed by atoms with E-state index in [2.05, 4.69) is 15.3 Å². The van der Waals surface area contributed by atoms with Gasteiger partial charge in [0.1, 0.15) is 28.9 Å².